The van der Waals surface area contributed by atoms with Crippen LogP contribution in [0.3, 0.4) is 0 Å². The molecular formula is C14H18F2N2O. The highest BCUT2D eigenvalue weighted by molar-refractivity contribution is 5.94. The lowest BCUT2D eigenvalue weighted by atomic mass is 9.84. The number of amides is 1. The Morgan fingerprint density at radius 3 is 2.68 bits per heavy atom. The van der Waals surface area contributed by atoms with Gasteiger partial charge in [-0.3, -0.25) is 4.79 Å². The first-order valence-electron chi connectivity index (χ1n) is 6.58. The third kappa shape index (κ3) is 3.29. The monoisotopic (exact) mass is 268 g/mol. The normalized spacial score (nSPS) is 23.1. The van der Waals surface area contributed by atoms with Gasteiger partial charge in [0.15, 0.2) is 11.6 Å². The van der Waals surface area contributed by atoms with E-state index in [1.165, 1.54) is 6.07 Å². The van der Waals surface area contributed by atoms with Crippen molar-refractivity contribution in [2.45, 2.75) is 31.7 Å². The smallest absolute Gasteiger partial charge is 0.251 e. The molecule has 1 aromatic rings. The van der Waals surface area contributed by atoms with E-state index in [1.54, 1.807) is 0 Å². The Bertz CT molecular complexity index is 465. The van der Waals surface area contributed by atoms with Crippen LogP contribution in [0.25, 0.3) is 0 Å². The molecule has 3 nitrogen and oxygen atoms in total. The number of rotatable bonds is 3. The van der Waals surface area contributed by atoms with Crippen LogP contribution in [0.2, 0.25) is 0 Å². The van der Waals surface area contributed by atoms with Crippen LogP contribution >= 0.6 is 0 Å². The van der Waals surface area contributed by atoms with Gasteiger partial charge < -0.3 is 11.1 Å². The molecular weight excluding hydrogens is 250 g/mol. The zero-order valence-electron chi connectivity index (χ0n) is 10.7. The number of hydrogen-bond donors (Lipinski definition) is 2. The Hall–Kier alpha value is -1.49. The highest BCUT2D eigenvalue weighted by atomic mass is 19.2. The Labute approximate surface area is 111 Å². The summed E-state index contributed by atoms with van der Waals surface area (Å²) in [7, 11) is 0. The summed E-state index contributed by atoms with van der Waals surface area (Å²) in [5.41, 5.74) is 5.83. The Kier molecular flexibility index (Phi) is 4.47. The number of halogens is 2. The van der Waals surface area contributed by atoms with Gasteiger partial charge in [0.05, 0.1) is 0 Å². The molecule has 0 aliphatic heterocycles. The SMILES string of the molecule is NCC1CCCCC1NC(=O)c1ccc(F)c(F)c1. The van der Waals surface area contributed by atoms with Crippen LogP contribution in [0.5, 0.6) is 0 Å². The molecule has 0 saturated heterocycles. The fraction of sp³-hybridized carbons (Fsp3) is 0.500. The lowest BCUT2D eigenvalue weighted by molar-refractivity contribution is 0.0907. The van der Waals surface area contributed by atoms with Gasteiger partial charge >= 0.3 is 0 Å². The van der Waals surface area contributed by atoms with Crippen LogP contribution in [0.4, 0.5) is 8.78 Å². The van der Waals surface area contributed by atoms with Crippen LogP contribution in [0.15, 0.2) is 18.2 Å². The Morgan fingerprint density at radius 2 is 2.00 bits per heavy atom. The second-order valence-corrected chi connectivity index (χ2v) is 4.99. The van der Waals surface area contributed by atoms with Crippen molar-refractivity contribution in [3.8, 4) is 0 Å². The van der Waals surface area contributed by atoms with Crippen LogP contribution in [0.1, 0.15) is 36.0 Å². The van der Waals surface area contributed by atoms with Crippen molar-refractivity contribution in [2.75, 3.05) is 6.54 Å². The van der Waals surface area contributed by atoms with Gasteiger partial charge in [0.1, 0.15) is 0 Å². The van der Waals surface area contributed by atoms with Crippen LogP contribution < -0.4 is 11.1 Å². The summed E-state index contributed by atoms with van der Waals surface area (Å²) in [6.07, 6.45) is 4.06. The highest BCUT2D eigenvalue weighted by Gasteiger charge is 2.25. The molecule has 1 amide bonds. The van der Waals surface area contributed by atoms with Crippen LogP contribution in [0, 0.1) is 17.6 Å². The van der Waals surface area contributed by atoms with Crippen molar-refractivity contribution in [2.24, 2.45) is 11.7 Å². The van der Waals surface area contributed by atoms with Gasteiger partial charge in [-0.15, -0.1) is 0 Å². The van der Waals surface area contributed by atoms with E-state index in [0.29, 0.717) is 6.54 Å². The number of hydrogen-bond acceptors (Lipinski definition) is 2. The van der Waals surface area contributed by atoms with Crippen molar-refractivity contribution in [1.29, 1.82) is 0 Å². The molecule has 1 saturated carbocycles. The van der Waals surface area contributed by atoms with E-state index < -0.39 is 11.6 Å². The topological polar surface area (TPSA) is 55.1 Å². The summed E-state index contributed by atoms with van der Waals surface area (Å²) in [4.78, 5) is 12.0. The zero-order chi connectivity index (χ0) is 13.8. The molecule has 1 fully saturated rings. The molecule has 5 heteroatoms. The molecule has 0 radical (unpaired) electrons. The van der Waals surface area contributed by atoms with E-state index in [2.05, 4.69) is 5.32 Å². The summed E-state index contributed by atoms with van der Waals surface area (Å²) < 4.78 is 25.9. The predicted octanol–water partition coefficient (Wildman–Crippen LogP) is 2.21. The van der Waals surface area contributed by atoms with E-state index in [4.69, 9.17) is 5.73 Å². The fourth-order valence-electron chi connectivity index (χ4n) is 2.57. The van der Waals surface area contributed by atoms with Crippen molar-refractivity contribution < 1.29 is 13.6 Å². The maximum absolute atomic E-state index is 13.1. The number of benzene rings is 1. The first kappa shape index (κ1) is 13.9. The number of carbonyl (C=O) groups excluding carboxylic acids is 1. The van der Waals surface area contributed by atoms with E-state index >= 15 is 0 Å². The van der Waals surface area contributed by atoms with Gasteiger partial charge in [0.25, 0.3) is 5.91 Å². The molecule has 2 rings (SSSR count). The standard InChI is InChI=1S/C14H18F2N2O/c15-11-6-5-9(7-12(11)16)14(19)18-13-4-2-1-3-10(13)8-17/h5-7,10,13H,1-4,8,17H2,(H,18,19). The molecule has 1 aromatic carbocycles. The molecule has 19 heavy (non-hydrogen) atoms. The molecule has 2 atom stereocenters. The maximum Gasteiger partial charge on any atom is 0.251 e. The van der Waals surface area contributed by atoms with E-state index in [9.17, 15) is 13.6 Å². The van der Waals surface area contributed by atoms with Gasteiger partial charge in [-0.2, -0.15) is 0 Å². The van der Waals surface area contributed by atoms with Crippen molar-refractivity contribution in [3.63, 3.8) is 0 Å². The van der Waals surface area contributed by atoms with Gasteiger partial charge in [-0.25, -0.2) is 8.78 Å². The second-order valence-electron chi connectivity index (χ2n) is 4.99. The highest BCUT2D eigenvalue weighted by Crippen LogP contribution is 2.23. The van der Waals surface area contributed by atoms with Crippen molar-refractivity contribution in [1.82, 2.24) is 5.32 Å². The molecule has 0 heterocycles. The lowest BCUT2D eigenvalue weighted by Crippen LogP contribution is -2.44. The van der Waals surface area contributed by atoms with Crippen LogP contribution in [-0.2, 0) is 0 Å². The largest absolute Gasteiger partial charge is 0.349 e. The molecule has 0 bridgehead atoms. The third-order valence-electron chi connectivity index (χ3n) is 3.71. The van der Waals surface area contributed by atoms with Crippen molar-refractivity contribution in [3.05, 3.63) is 35.4 Å². The first-order chi connectivity index (χ1) is 9.11. The molecule has 1 aliphatic rings. The average Bonchev–Trinajstić information content (AvgIpc) is 2.42. The summed E-state index contributed by atoms with van der Waals surface area (Å²) in [5.74, 6) is -2.06. The summed E-state index contributed by atoms with van der Waals surface area (Å²) >= 11 is 0. The van der Waals surface area contributed by atoms with E-state index in [0.717, 1.165) is 37.8 Å². The predicted molar refractivity (Wildman–Crippen MR) is 68.6 cm³/mol. The van der Waals surface area contributed by atoms with Gasteiger partial charge in [-0.05, 0) is 43.5 Å². The summed E-state index contributed by atoms with van der Waals surface area (Å²) in [6, 6.07) is 3.20. The van der Waals surface area contributed by atoms with Crippen molar-refractivity contribution >= 4 is 5.91 Å². The Balaban J connectivity index is 2.05. The average molecular weight is 268 g/mol. The first-order valence-corrected chi connectivity index (χ1v) is 6.58. The summed E-state index contributed by atoms with van der Waals surface area (Å²) in [5, 5.41) is 2.87. The maximum atomic E-state index is 13.1. The number of nitrogens with two attached hydrogens (primary N) is 1. The third-order valence-corrected chi connectivity index (χ3v) is 3.71. The minimum atomic E-state index is -1.01. The number of carbonyl (C=O) groups is 1. The molecule has 0 aromatic heterocycles. The fourth-order valence-corrected chi connectivity index (χ4v) is 2.57. The van der Waals surface area contributed by atoms with Gasteiger partial charge in [0.2, 0.25) is 0 Å². The minimum absolute atomic E-state index is 0.0272. The lowest BCUT2D eigenvalue weighted by Gasteiger charge is -2.31. The number of nitrogens with one attached hydrogen (secondary N) is 1. The van der Waals surface area contributed by atoms with E-state index in [1.807, 2.05) is 0 Å². The molecule has 2 unspecified atom stereocenters. The molecule has 0 spiro atoms. The van der Waals surface area contributed by atoms with Crippen LogP contribution in [-0.4, -0.2) is 18.5 Å². The Morgan fingerprint density at radius 1 is 1.26 bits per heavy atom. The zero-order valence-corrected chi connectivity index (χ0v) is 10.7. The molecule has 104 valence electrons. The minimum Gasteiger partial charge on any atom is -0.349 e. The van der Waals surface area contributed by atoms with Gasteiger partial charge in [0, 0.05) is 11.6 Å². The summed E-state index contributed by atoms with van der Waals surface area (Å²) in [6.45, 7) is 0.530. The second kappa shape index (κ2) is 6.10. The van der Waals surface area contributed by atoms with E-state index in [-0.39, 0.29) is 23.4 Å². The molecule has 1 aliphatic carbocycles. The van der Waals surface area contributed by atoms with Gasteiger partial charge in [-0.1, -0.05) is 12.8 Å². The molecule has 3 N–H and O–H groups in total. The quantitative estimate of drug-likeness (QED) is 0.883.